The van der Waals surface area contributed by atoms with Gasteiger partial charge in [0.1, 0.15) is 23.7 Å². The van der Waals surface area contributed by atoms with Crippen molar-refractivity contribution in [3.8, 4) is 0 Å². The standard InChI is InChI=1S/C23H29N5O6/c1-12-7-15(27-28(12)21(31)34-22(2,3)4)17(30)14-9-24-11-25-20(14)26-16-8-13(10-29)18-19(16)33-23(5,6)32-18/h7,9,11,13,18-19,29H,8,10H2,1-6H3. The molecule has 0 bridgehead atoms. The first-order valence-electron chi connectivity index (χ1n) is 11.1. The van der Waals surface area contributed by atoms with Crippen LogP contribution < -0.4 is 0 Å². The van der Waals surface area contributed by atoms with Crippen molar-refractivity contribution < 1.29 is 28.9 Å². The molecule has 0 aromatic carbocycles. The molecule has 2 aromatic heterocycles. The SMILES string of the molecule is Cc1cc(C(=O)c2cncnc2N=C2CC(CO)C3OC(C)(C)OC23)nn1C(=O)OC(C)(C)C. The Hall–Kier alpha value is -3.02. The molecule has 1 saturated carbocycles. The van der Waals surface area contributed by atoms with Gasteiger partial charge in [0.2, 0.25) is 5.78 Å². The van der Waals surface area contributed by atoms with E-state index in [4.69, 9.17) is 14.2 Å². The lowest BCUT2D eigenvalue weighted by Gasteiger charge is -2.20. The molecule has 182 valence electrons. The van der Waals surface area contributed by atoms with Gasteiger partial charge in [0, 0.05) is 24.4 Å². The third-order valence-corrected chi connectivity index (χ3v) is 5.50. The Kier molecular flexibility index (Phi) is 6.13. The molecule has 1 aliphatic carbocycles. The number of rotatable bonds is 4. The molecular weight excluding hydrogens is 442 g/mol. The lowest BCUT2D eigenvalue weighted by molar-refractivity contribution is -0.150. The fourth-order valence-corrected chi connectivity index (χ4v) is 4.09. The fourth-order valence-electron chi connectivity index (χ4n) is 4.09. The molecule has 4 rings (SSSR count). The molecule has 3 atom stereocenters. The van der Waals surface area contributed by atoms with Gasteiger partial charge < -0.3 is 19.3 Å². The van der Waals surface area contributed by atoms with Gasteiger partial charge in [-0.25, -0.2) is 19.8 Å². The van der Waals surface area contributed by atoms with E-state index < -0.39 is 29.4 Å². The molecule has 2 aromatic rings. The van der Waals surface area contributed by atoms with Gasteiger partial charge in [-0.15, -0.1) is 0 Å². The zero-order valence-electron chi connectivity index (χ0n) is 20.1. The summed E-state index contributed by atoms with van der Waals surface area (Å²) in [5.74, 6) is -1.30. The Morgan fingerprint density at radius 1 is 1.32 bits per heavy atom. The van der Waals surface area contributed by atoms with E-state index in [-0.39, 0.29) is 35.7 Å². The van der Waals surface area contributed by atoms with Crippen LogP contribution in [0, 0.1) is 12.8 Å². The van der Waals surface area contributed by atoms with E-state index in [0.717, 1.165) is 4.68 Å². The molecule has 0 amide bonds. The van der Waals surface area contributed by atoms with Gasteiger partial charge in [-0.2, -0.15) is 9.78 Å². The van der Waals surface area contributed by atoms with Crippen LogP contribution in [0.2, 0.25) is 0 Å². The number of aliphatic imine (C=N–C) groups is 1. The number of nitrogens with zero attached hydrogens (tertiary/aromatic N) is 5. The normalized spacial score (nSPS) is 24.9. The van der Waals surface area contributed by atoms with Crippen molar-refractivity contribution in [2.24, 2.45) is 10.9 Å². The van der Waals surface area contributed by atoms with E-state index in [1.807, 2.05) is 0 Å². The summed E-state index contributed by atoms with van der Waals surface area (Å²) in [7, 11) is 0. The van der Waals surface area contributed by atoms with Crippen LogP contribution in [0.3, 0.4) is 0 Å². The molecule has 0 spiro atoms. The first kappa shape index (κ1) is 24.1. The number of hydrogen-bond acceptors (Lipinski definition) is 10. The Morgan fingerprint density at radius 2 is 2.06 bits per heavy atom. The predicted octanol–water partition coefficient (Wildman–Crippen LogP) is 2.60. The van der Waals surface area contributed by atoms with Crippen LogP contribution in [-0.2, 0) is 14.2 Å². The van der Waals surface area contributed by atoms with E-state index in [0.29, 0.717) is 17.8 Å². The van der Waals surface area contributed by atoms with Crippen molar-refractivity contribution in [2.75, 3.05) is 6.61 Å². The van der Waals surface area contributed by atoms with Gasteiger partial charge in [0.05, 0.1) is 17.4 Å². The lowest BCUT2D eigenvalue weighted by atomic mass is 10.1. The highest BCUT2D eigenvalue weighted by Gasteiger charge is 2.52. The van der Waals surface area contributed by atoms with Crippen molar-refractivity contribution in [1.29, 1.82) is 0 Å². The van der Waals surface area contributed by atoms with Crippen molar-refractivity contribution in [3.63, 3.8) is 0 Å². The summed E-state index contributed by atoms with van der Waals surface area (Å²) in [6, 6.07) is 1.50. The van der Waals surface area contributed by atoms with Crippen LogP contribution in [0.4, 0.5) is 10.6 Å². The Balaban J connectivity index is 1.64. The molecule has 1 aliphatic heterocycles. The molecular formula is C23H29N5O6. The van der Waals surface area contributed by atoms with Gasteiger partial charge in [0.25, 0.3) is 0 Å². The smallest absolute Gasteiger partial charge is 0.435 e. The second kappa shape index (κ2) is 8.64. The van der Waals surface area contributed by atoms with Crippen LogP contribution in [0.25, 0.3) is 0 Å². The van der Waals surface area contributed by atoms with Crippen LogP contribution in [0.15, 0.2) is 23.6 Å². The summed E-state index contributed by atoms with van der Waals surface area (Å²) in [5, 5.41) is 13.9. The summed E-state index contributed by atoms with van der Waals surface area (Å²) >= 11 is 0. The molecule has 3 unspecified atom stereocenters. The number of hydrogen-bond donors (Lipinski definition) is 1. The second-order valence-electron chi connectivity index (χ2n) is 9.92. The van der Waals surface area contributed by atoms with E-state index in [1.165, 1.54) is 18.6 Å². The van der Waals surface area contributed by atoms with Crippen molar-refractivity contribution in [2.45, 2.75) is 71.6 Å². The maximum Gasteiger partial charge on any atom is 0.435 e. The van der Waals surface area contributed by atoms with Crippen LogP contribution >= 0.6 is 0 Å². The third kappa shape index (κ3) is 4.77. The first-order chi connectivity index (χ1) is 15.9. The molecule has 1 saturated heterocycles. The van der Waals surface area contributed by atoms with Gasteiger partial charge >= 0.3 is 6.09 Å². The Bertz CT molecular complexity index is 1150. The topological polar surface area (TPSA) is 138 Å². The molecule has 11 heteroatoms. The number of ketones is 1. The minimum atomic E-state index is -0.805. The largest absolute Gasteiger partial charge is 0.442 e. The Morgan fingerprint density at radius 3 is 2.74 bits per heavy atom. The summed E-state index contributed by atoms with van der Waals surface area (Å²) in [5.41, 5.74) is 0.551. The zero-order valence-corrected chi connectivity index (χ0v) is 20.1. The van der Waals surface area contributed by atoms with Crippen molar-refractivity contribution in [1.82, 2.24) is 19.7 Å². The molecule has 34 heavy (non-hydrogen) atoms. The van der Waals surface area contributed by atoms with Crippen LogP contribution in [-0.4, -0.2) is 72.6 Å². The van der Waals surface area contributed by atoms with E-state index in [2.05, 4.69) is 20.1 Å². The number of ether oxygens (including phenoxy) is 3. The van der Waals surface area contributed by atoms with E-state index >= 15 is 0 Å². The van der Waals surface area contributed by atoms with Gasteiger partial charge in [-0.1, -0.05) is 0 Å². The average molecular weight is 472 g/mol. The summed E-state index contributed by atoms with van der Waals surface area (Å²) in [6.07, 6.45) is 1.66. The highest BCUT2D eigenvalue weighted by Crippen LogP contribution is 2.40. The van der Waals surface area contributed by atoms with Gasteiger partial charge in [0.15, 0.2) is 11.6 Å². The van der Waals surface area contributed by atoms with Crippen molar-refractivity contribution >= 4 is 23.4 Å². The molecule has 11 nitrogen and oxygen atoms in total. The number of carbonyl (C=O) groups is 2. The number of fused-ring (bicyclic) bond motifs is 1. The van der Waals surface area contributed by atoms with Crippen LogP contribution in [0.1, 0.15) is 62.8 Å². The van der Waals surface area contributed by atoms with Gasteiger partial charge in [-0.05, 0) is 54.0 Å². The maximum atomic E-state index is 13.3. The lowest BCUT2D eigenvalue weighted by Crippen LogP contribution is -2.28. The molecule has 2 aliphatic rings. The number of aliphatic hydroxyl groups is 1. The maximum absolute atomic E-state index is 13.3. The zero-order chi connectivity index (χ0) is 24.8. The molecule has 0 radical (unpaired) electrons. The van der Waals surface area contributed by atoms with Crippen molar-refractivity contribution in [3.05, 3.63) is 35.5 Å². The van der Waals surface area contributed by atoms with Gasteiger partial charge in [-0.3, -0.25) is 4.79 Å². The first-order valence-corrected chi connectivity index (χ1v) is 11.1. The second-order valence-corrected chi connectivity index (χ2v) is 9.92. The highest BCUT2D eigenvalue weighted by atomic mass is 16.8. The quantitative estimate of drug-likeness (QED) is 0.667. The summed E-state index contributed by atoms with van der Waals surface area (Å²) in [4.78, 5) is 38.5. The highest BCUT2D eigenvalue weighted by molar-refractivity contribution is 6.11. The van der Waals surface area contributed by atoms with Crippen LogP contribution in [0.5, 0.6) is 0 Å². The molecule has 3 heterocycles. The minimum absolute atomic E-state index is 0.0405. The monoisotopic (exact) mass is 471 g/mol. The predicted molar refractivity (Wildman–Crippen MR) is 120 cm³/mol. The third-order valence-electron chi connectivity index (χ3n) is 5.50. The van der Waals surface area contributed by atoms with E-state index in [1.54, 1.807) is 41.5 Å². The number of carbonyl (C=O) groups excluding carboxylic acids is 2. The minimum Gasteiger partial charge on any atom is -0.442 e. The summed E-state index contributed by atoms with van der Waals surface area (Å²) < 4.78 is 18.3. The average Bonchev–Trinajstić information content (AvgIpc) is 3.37. The summed E-state index contributed by atoms with van der Waals surface area (Å²) in [6.45, 7) is 10.4. The fraction of sp³-hybridized carbons (Fsp3) is 0.565. The molecule has 1 N–H and O–H groups in total. The molecule has 2 fully saturated rings. The number of aliphatic hydroxyl groups excluding tert-OH is 1. The van der Waals surface area contributed by atoms with E-state index in [9.17, 15) is 14.7 Å². The Labute approximate surface area is 197 Å². The number of aryl methyl sites for hydroxylation is 1. The number of aromatic nitrogens is 4.